The highest BCUT2D eigenvalue weighted by Crippen LogP contribution is 2.14. The van der Waals surface area contributed by atoms with Crippen molar-refractivity contribution in [2.75, 3.05) is 20.1 Å². The number of amides is 1. The largest absolute Gasteiger partial charge is 0.508 e. The minimum absolute atomic E-state index is 0.185. The summed E-state index contributed by atoms with van der Waals surface area (Å²) in [6.07, 6.45) is 0.627. The summed E-state index contributed by atoms with van der Waals surface area (Å²) in [4.78, 5) is 13.6. The Kier molecular flexibility index (Phi) is 3.64. The first-order chi connectivity index (χ1) is 8.15. The van der Waals surface area contributed by atoms with Crippen molar-refractivity contribution in [1.29, 1.82) is 0 Å². The third kappa shape index (κ3) is 3.20. The van der Waals surface area contributed by atoms with Crippen LogP contribution >= 0.6 is 0 Å². The van der Waals surface area contributed by atoms with Crippen LogP contribution in [0.1, 0.15) is 12.0 Å². The van der Waals surface area contributed by atoms with E-state index in [9.17, 15) is 9.90 Å². The van der Waals surface area contributed by atoms with Gasteiger partial charge in [-0.25, -0.2) is 0 Å². The fourth-order valence-electron chi connectivity index (χ4n) is 1.86. The number of phenols is 1. The van der Waals surface area contributed by atoms with Gasteiger partial charge in [-0.3, -0.25) is 4.79 Å². The van der Waals surface area contributed by atoms with Crippen LogP contribution in [0.5, 0.6) is 5.75 Å². The van der Waals surface area contributed by atoms with Gasteiger partial charge in [0.15, 0.2) is 0 Å². The summed E-state index contributed by atoms with van der Waals surface area (Å²) in [6, 6.07) is 6.96. The van der Waals surface area contributed by atoms with Crippen LogP contribution in [-0.2, 0) is 11.3 Å². The summed E-state index contributed by atoms with van der Waals surface area (Å²) in [5.74, 6) is 0.942. The van der Waals surface area contributed by atoms with Gasteiger partial charge in [0.25, 0.3) is 0 Å². The van der Waals surface area contributed by atoms with Crippen LogP contribution in [0.2, 0.25) is 0 Å². The molecule has 1 aliphatic rings. The van der Waals surface area contributed by atoms with Crippen LogP contribution in [0.3, 0.4) is 0 Å². The standard InChI is InChI=1S/C13H18N2O2/c1-15(13(17)6-11-7-14-8-11)9-10-2-4-12(16)5-3-10/h2-5,11,14,16H,6-9H2,1H3. The normalized spacial score (nSPS) is 15.4. The monoisotopic (exact) mass is 234 g/mol. The number of nitrogens with one attached hydrogen (secondary N) is 1. The lowest BCUT2D eigenvalue weighted by molar-refractivity contribution is -0.131. The van der Waals surface area contributed by atoms with Crippen molar-refractivity contribution in [1.82, 2.24) is 10.2 Å². The lowest BCUT2D eigenvalue weighted by atomic mass is 9.99. The Morgan fingerprint density at radius 3 is 2.59 bits per heavy atom. The van der Waals surface area contributed by atoms with Gasteiger partial charge in [0.05, 0.1) is 0 Å². The third-order valence-electron chi connectivity index (χ3n) is 3.11. The molecule has 4 nitrogen and oxygen atoms in total. The molecule has 0 bridgehead atoms. The molecule has 0 aromatic heterocycles. The average Bonchev–Trinajstić information content (AvgIpc) is 2.26. The Bertz CT molecular complexity index is 385. The minimum atomic E-state index is 0.185. The van der Waals surface area contributed by atoms with Gasteiger partial charge in [-0.2, -0.15) is 0 Å². The van der Waals surface area contributed by atoms with Crippen molar-refractivity contribution in [3.63, 3.8) is 0 Å². The zero-order valence-electron chi connectivity index (χ0n) is 10.0. The molecule has 1 aliphatic heterocycles. The fraction of sp³-hybridized carbons (Fsp3) is 0.462. The van der Waals surface area contributed by atoms with Gasteiger partial charge < -0.3 is 15.3 Å². The smallest absolute Gasteiger partial charge is 0.222 e. The Balaban J connectivity index is 1.84. The molecule has 4 heteroatoms. The molecular weight excluding hydrogens is 216 g/mol. The lowest BCUT2D eigenvalue weighted by Crippen LogP contribution is -2.44. The van der Waals surface area contributed by atoms with Crippen LogP contribution in [0.4, 0.5) is 0 Å². The maximum Gasteiger partial charge on any atom is 0.222 e. The molecule has 0 unspecified atom stereocenters. The number of carbonyl (C=O) groups excluding carboxylic acids is 1. The summed E-state index contributed by atoms with van der Waals surface area (Å²) in [7, 11) is 1.82. The molecule has 1 saturated heterocycles. The molecule has 0 atom stereocenters. The topological polar surface area (TPSA) is 52.6 Å². The lowest BCUT2D eigenvalue weighted by Gasteiger charge is -2.28. The van der Waals surface area contributed by atoms with Crippen molar-refractivity contribution in [2.24, 2.45) is 5.92 Å². The van der Waals surface area contributed by atoms with Crippen molar-refractivity contribution >= 4 is 5.91 Å². The second-order valence-corrected chi connectivity index (χ2v) is 4.64. The molecule has 0 radical (unpaired) electrons. The van der Waals surface area contributed by atoms with Crippen molar-refractivity contribution < 1.29 is 9.90 Å². The summed E-state index contributed by atoms with van der Waals surface area (Å²) >= 11 is 0. The van der Waals surface area contributed by atoms with Gasteiger partial charge in [0.1, 0.15) is 5.75 Å². The second kappa shape index (κ2) is 5.19. The highest BCUT2D eigenvalue weighted by atomic mass is 16.3. The summed E-state index contributed by atoms with van der Waals surface area (Å²) in [5, 5.41) is 12.3. The van der Waals surface area contributed by atoms with E-state index in [0.29, 0.717) is 18.9 Å². The SMILES string of the molecule is CN(Cc1ccc(O)cc1)C(=O)CC1CNC1. The average molecular weight is 234 g/mol. The number of phenolic OH excluding ortho intramolecular Hbond substituents is 1. The van der Waals surface area contributed by atoms with Crippen LogP contribution in [-0.4, -0.2) is 36.1 Å². The Hall–Kier alpha value is -1.55. The molecule has 1 aromatic rings. The van der Waals surface area contributed by atoms with Crippen molar-refractivity contribution in [2.45, 2.75) is 13.0 Å². The van der Waals surface area contributed by atoms with E-state index in [2.05, 4.69) is 5.32 Å². The van der Waals surface area contributed by atoms with Crippen LogP contribution in [0.15, 0.2) is 24.3 Å². The summed E-state index contributed by atoms with van der Waals surface area (Å²) in [6.45, 7) is 2.51. The first-order valence-electron chi connectivity index (χ1n) is 5.88. The van der Waals surface area contributed by atoms with Crippen molar-refractivity contribution in [3.05, 3.63) is 29.8 Å². The number of benzene rings is 1. The van der Waals surface area contributed by atoms with E-state index in [1.54, 1.807) is 17.0 Å². The van der Waals surface area contributed by atoms with E-state index in [-0.39, 0.29) is 11.7 Å². The molecule has 1 heterocycles. The van der Waals surface area contributed by atoms with E-state index in [4.69, 9.17) is 0 Å². The number of aromatic hydroxyl groups is 1. The number of hydrogen-bond acceptors (Lipinski definition) is 3. The van der Waals surface area contributed by atoms with Gasteiger partial charge in [0.2, 0.25) is 5.91 Å². The zero-order chi connectivity index (χ0) is 12.3. The summed E-state index contributed by atoms with van der Waals surface area (Å²) < 4.78 is 0. The van der Waals surface area contributed by atoms with Crippen LogP contribution in [0, 0.1) is 5.92 Å². The molecular formula is C13H18N2O2. The highest BCUT2D eigenvalue weighted by molar-refractivity contribution is 5.76. The Morgan fingerprint density at radius 1 is 1.41 bits per heavy atom. The number of rotatable bonds is 4. The molecule has 92 valence electrons. The first kappa shape index (κ1) is 11.9. The van der Waals surface area contributed by atoms with Gasteiger partial charge in [-0.15, -0.1) is 0 Å². The molecule has 0 saturated carbocycles. The third-order valence-corrected chi connectivity index (χ3v) is 3.11. The molecule has 17 heavy (non-hydrogen) atoms. The number of hydrogen-bond donors (Lipinski definition) is 2. The fourth-order valence-corrected chi connectivity index (χ4v) is 1.86. The maximum absolute atomic E-state index is 11.9. The van der Waals surface area contributed by atoms with Gasteiger partial charge in [-0.05, 0) is 36.7 Å². The predicted octanol–water partition coefficient (Wildman–Crippen LogP) is 0.960. The van der Waals surface area contributed by atoms with Crippen LogP contribution < -0.4 is 5.32 Å². The predicted molar refractivity (Wildman–Crippen MR) is 65.6 cm³/mol. The van der Waals surface area contributed by atoms with E-state index in [0.717, 1.165) is 18.7 Å². The van der Waals surface area contributed by atoms with E-state index >= 15 is 0 Å². The molecule has 1 fully saturated rings. The molecule has 2 N–H and O–H groups in total. The molecule has 0 aliphatic carbocycles. The number of nitrogens with zero attached hydrogens (tertiary/aromatic N) is 1. The van der Waals surface area contributed by atoms with Gasteiger partial charge >= 0.3 is 0 Å². The minimum Gasteiger partial charge on any atom is -0.508 e. The Labute approximate surface area is 101 Å². The summed E-state index contributed by atoms with van der Waals surface area (Å²) in [5.41, 5.74) is 1.03. The highest BCUT2D eigenvalue weighted by Gasteiger charge is 2.21. The zero-order valence-corrected chi connectivity index (χ0v) is 10.0. The molecule has 0 spiro atoms. The van der Waals surface area contributed by atoms with Gasteiger partial charge in [0, 0.05) is 20.0 Å². The molecule has 2 rings (SSSR count). The molecule has 1 aromatic carbocycles. The first-order valence-corrected chi connectivity index (χ1v) is 5.88. The van der Waals surface area contributed by atoms with Gasteiger partial charge in [-0.1, -0.05) is 12.1 Å². The Morgan fingerprint density at radius 2 is 2.06 bits per heavy atom. The van der Waals surface area contributed by atoms with Crippen molar-refractivity contribution in [3.8, 4) is 5.75 Å². The van der Waals surface area contributed by atoms with Crippen LogP contribution in [0.25, 0.3) is 0 Å². The maximum atomic E-state index is 11.9. The van der Waals surface area contributed by atoms with E-state index < -0.39 is 0 Å². The second-order valence-electron chi connectivity index (χ2n) is 4.64. The molecule has 1 amide bonds. The number of carbonyl (C=O) groups is 1. The van der Waals surface area contributed by atoms with E-state index in [1.807, 2.05) is 19.2 Å². The quantitative estimate of drug-likeness (QED) is 0.816. The van der Waals surface area contributed by atoms with E-state index in [1.165, 1.54) is 0 Å².